The van der Waals surface area contributed by atoms with Gasteiger partial charge in [0.25, 0.3) is 0 Å². The van der Waals surface area contributed by atoms with Gasteiger partial charge >= 0.3 is 12.0 Å². The van der Waals surface area contributed by atoms with Crippen molar-refractivity contribution in [1.82, 2.24) is 14.8 Å². The van der Waals surface area contributed by atoms with Gasteiger partial charge in [0.05, 0.1) is 13.2 Å². The minimum absolute atomic E-state index is 0.0173. The summed E-state index contributed by atoms with van der Waals surface area (Å²) in [5.74, 6) is -0.639. The van der Waals surface area contributed by atoms with E-state index in [-0.39, 0.29) is 31.0 Å². The van der Waals surface area contributed by atoms with Crippen LogP contribution in [0.15, 0.2) is 0 Å². The maximum Gasteiger partial charge on any atom is 0.355 e. The molecule has 7 nitrogen and oxygen atoms in total. The van der Waals surface area contributed by atoms with Crippen LogP contribution in [-0.2, 0) is 4.74 Å². The minimum atomic E-state index is -0.472. The summed E-state index contributed by atoms with van der Waals surface area (Å²) in [6, 6.07) is -0.0322. The molecular formula is C17H25N3O4. The highest BCUT2D eigenvalue weighted by Gasteiger charge is 2.35. The summed E-state index contributed by atoms with van der Waals surface area (Å²) in [7, 11) is 3.35. The van der Waals surface area contributed by atoms with E-state index < -0.39 is 5.97 Å². The van der Waals surface area contributed by atoms with Crippen molar-refractivity contribution in [3.63, 3.8) is 0 Å². The lowest BCUT2D eigenvalue weighted by Crippen LogP contribution is -2.43. The Morgan fingerprint density at radius 2 is 1.83 bits per heavy atom. The van der Waals surface area contributed by atoms with Crippen LogP contribution in [0.5, 0.6) is 0 Å². The average Bonchev–Trinajstić information content (AvgIpc) is 3.29. The van der Waals surface area contributed by atoms with Crippen LogP contribution in [0.3, 0.4) is 0 Å². The molecule has 1 aliphatic rings. The number of hydrogen-bond donors (Lipinski definition) is 1. The van der Waals surface area contributed by atoms with Gasteiger partial charge in [0.1, 0.15) is 5.69 Å². The zero-order valence-electron chi connectivity index (χ0n) is 14.9. The molecule has 0 bridgehead atoms. The second-order valence-corrected chi connectivity index (χ2v) is 6.30. The molecular weight excluding hydrogens is 310 g/mol. The fourth-order valence-corrected chi connectivity index (χ4v) is 2.81. The number of nitrogens with zero attached hydrogens (tertiary/aromatic N) is 2. The third kappa shape index (κ3) is 3.60. The Kier molecular flexibility index (Phi) is 5.31. The Morgan fingerprint density at radius 3 is 2.33 bits per heavy atom. The van der Waals surface area contributed by atoms with Gasteiger partial charge in [-0.1, -0.05) is 0 Å². The SMILES string of the molecule is CCOC(=O)c1[nH]c(C)c(C(=O)CN(C(=O)N(C)C)C2CC2)c1C. The molecule has 1 aromatic heterocycles. The number of rotatable bonds is 6. The summed E-state index contributed by atoms with van der Waals surface area (Å²) < 4.78 is 5.00. The lowest BCUT2D eigenvalue weighted by atomic mass is 10.1. The monoisotopic (exact) mass is 335 g/mol. The number of urea groups is 1. The normalized spacial score (nSPS) is 13.5. The lowest BCUT2D eigenvalue weighted by Gasteiger charge is -2.25. The highest BCUT2D eigenvalue weighted by Crippen LogP contribution is 2.28. The summed E-state index contributed by atoms with van der Waals surface area (Å²) in [6.45, 7) is 5.49. The van der Waals surface area contributed by atoms with Crippen molar-refractivity contribution >= 4 is 17.8 Å². The zero-order valence-corrected chi connectivity index (χ0v) is 14.9. The summed E-state index contributed by atoms with van der Waals surface area (Å²) >= 11 is 0. The second kappa shape index (κ2) is 7.07. The van der Waals surface area contributed by atoms with E-state index in [4.69, 9.17) is 4.74 Å². The highest BCUT2D eigenvalue weighted by atomic mass is 16.5. The molecule has 0 radical (unpaired) electrons. The fraction of sp³-hybridized carbons (Fsp3) is 0.588. The van der Waals surface area contributed by atoms with Crippen LogP contribution in [0.2, 0.25) is 0 Å². The van der Waals surface area contributed by atoms with Crippen LogP contribution >= 0.6 is 0 Å². The first kappa shape index (κ1) is 18.0. The van der Waals surface area contributed by atoms with Crippen molar-refractivity contribution in [3.05, 3.63) is 22.5 Å². The molecule has 0 saturated heterocycles. The van der Waals surface area contributed by atoms with E-state index in [1.165, 1.54) is 4.90 Å². The van der Waals surface area contributed by atoms with E-state index >= 15 is 0 Å². The molecule has 0 atom stereocenters. The van der Waals surface area contributed by atoms with E-state index in [0.717, 1.165) is 12.8 Å². The third-order valence-electron chi connectivity index (χ3n) is 4.13. The van der Waals surface area contributed by atoms with Crippen LogP contribution in [-0.4, -0.2) is 65.9 Å². The Morgan fingerprint density at radius 1 is 1.21 bits per heavy atom. The molecule has 0 spiro atoms. The number of nitrogens with one attached hydrogen (secondary N) is 1. The molecule has 0 aromatic carbocycles. The number of H-pyrrole nitrogens is 1. The molecule has 1 heterocycles. The molecule has 24 heavy (non-hydrogen) atoms. The van der Waals surface area contributed by atoms with Gasteiger partial charge in [-0.25, -0.2) is 9.59 Å². The number of carbonyl (C=O) groups excluding carboxylic acids is 3. The van der Waals surface area contributed by atoms with Crippen molar-refractivity contribution in [2.75, 3.05) is 27.2 Å². The van der Waals surface area contributed by atoms with Crippen molar-refractivity contribution in [2.45, 2.75) is 39.7 Å². The van der Waals surface area contributed by atoms with Gasteiger partial charge < -0.3 is 19.5 Å². The summed E-state index contributed by atoms with van der Waals surface area (Å²) in [5, 5.41) is 0. The number of hydrogen-bond acceptors (Lipinski definition) is 4. The smallest absolute Gasteiger partial charge is 0.355 e. The first-order valence-corrected chi connectivity index (χ1v) is 8.15. The van der Waals surface area contributed by atoms with Gasteiger partial charge in [0.15, 0.2) is 5.78 Å². The predicted molar refractivity (Wildman–Crippen MR) is 89.4 cm³/mol. The molecule has 132 valence electrons. The van der Waals surface area contributed by atoms with E-state index in [2.05, 4.69) is 4.98 Å². The van der Waals surface area contributed by atoms with Gasteiger partial charge in [-0.05, 0) is 39.2 Å². The summed E-state index contributed by atoms with van der Waals surface area (Å²) in [5.41, 5.74) is 1.96. The fourth-order valence-electron chi connectivity index (χ4n) is 2.81. The van der Waals surface area contributed by atoms with Crippen LogP contribution in [0.1, 0.15) is 51.9 Å². The molecule has 0 unspecified atom stereocenters. The number of carbonyl (C=O) groups is 3. The summed E-state index contributed by atoms with van der Waals surface area (Å²) in [6.07, 6.45) is 1.85. The largest absolute Gasteiger partial charge is 0.461 e. The number of Topliss-reactive ketones (excluding diaryl/α,β-unsaturated/α-hetero) is 1. The van der Waals surface area contributed by atoms with Gasteiger partial charge in [-0.15, -0.1) is 0 Å². The first-order valence-electron chi connectivity index (χ1n) is 8.15. The van der Waals surface area contributed by atoms with Crippen molar-refractivity contribution in [3.8, 4) is 0 Å². The molecule has 1 aromatic rings. The Balaban J connectivity index is 2.23. The lowest BCUT2D eigenvalue weighted by molar-refractivity contribution is 0.0519. The van der Waals surface area contributed by atoms with Crippen LogP contribution in [0.4, 0.5) is 4.79 Å². The number of ether oxygens (including phenoxy) is 1. The topological polar surface area (TPSA) is 82.7 Å². The van der Waals surface area contributed by atoms with Crippen molar-refractivity contribution in [2.24, 2.45) is 0 Å². The van der Waals surface area contributed by atoms with Gasteiger partial charge in [-0.3, -0.25) is 4.79 Å². The Hall–Kier alpha value is -2.31. The van der Waals surface area contributed by atoms with E-state index in [1.807, 2.05) is 0 Å². The van der Waals surface area contributed by atoms with E-state index in [1.54, 1.807) is 39.8 Å². The number of aromatic nitrogens is 1. The van der Waals surface area contributed by atoms with E-state index in [0.29, 0.717) is 22.5 Å². The Labute approximate surface area is 141 Å². The number of aromatic amines is 1. The summed E-state index contributed by atoms with van der Waals surface area (Å²) in [4.78, 5) is 43.0. The quantitative estimate of drug-likeness (QED) is 0.638. The maximum atomic E-state index is 12.8. The molecule has 1 aliphatic carbocycles. The third-order valence-corrected chi connectivity index (χ3v) is 4.13. The van der Waals surface area contributed by atoms with Gasteiger partial charge in [0.2, 0.25) is 0 Å². The molecule has 2 rings (SSSR count). The van der Waals surface area contributed by atoms with Gasteiger partial charge in [-0.2, -0.15) is 0 Å². The molecule has 2 amide bonds. The minimum Gasteiger partial charge on any atom is -0.461 e. The van der Waals surface area contributed by atoms with Gasteiger partial charge in [0, 0.05) is 31.4 Å². The van der Waals surface area contributed by atoms with Crippen LogP contribution < -0.4 is 0 Å². The molecule has 1 saturated carbocycles. The van der Waals surface area contributed by atoms with Crippen LogP contribution in [0.25, 0.3) is 0 Å². The number of ketones is 1. The maximum absolute atomic E-state index is 12.8. The first-order chi connectivity index (χ1) is 11.3. The van der Waals surface area contributed by atoms with Crippen molar-refractivity contribution < 1.29 is 19.1 Å². The zero-order chi connectivity index (χ0) is 18.0. The number of aryl methyl sites for hydroxylation is 1. The average molecular weight is 335 g/mol. The molecule has 0 aliphatic heterocycles. The number of amides is 2. The standard InChI is InChI=1S/C17H25N3O4/c1-6-24-16(22)15-10(2)14(11(3)18-15)13(21)9-20(12-7-8-12)17(23)19(4)5/h12,18H,6-9H2,1-5H3. The van der Waals surface area contributed by atoms with E-state index in [9.17, 15) is 14.4 Å². The van der Waals surface area contributed by atoms with Crippen molar-refractivity contribution in [1.29, 1.82) is 0 Å². The second-order valence-electron chi connectivity index (χ2n) is 6.30. The Bertz CT molecular complexity index is 659. The number of esters is 1. The molecule has 7 heteroatoms. The molecule has 1 N–H and O–H groups in total. The predicted octanol–water partition coefficient (Wildman–Crippen LogP) is 2.14. The highest BCUT2D eigenvalue weighted by molar-refractivity contribution is 6.04. The molecule has 1 fully saturated rings. The van der Waals surface area contributed by atoms with Crippen LogP contribution in [0, 0.1) is 13.8 Å².